The summed E-state index contributed by atoms with van der Waals surface area (Å²) in [6.07, 6.45) is 0. The van der Waals surface area contributed by atoms with Gasteiger partial charge in [-0.25, -0.2) is 0 Å². The molecule has 0 aromatic heterocycles. The summed E-state index contributed by atoms with van der Waals surface area (Å²) in [4.78, 5) is 2.45. The molecule has 1 rings (SSSR count). The van der Waals surface area contributed by atoms with E-state index in [1.54, 1.807) is 0 Å². The highest BCUT2D eigenvalue weighted by Gasteiger charge is 2.12. The lowest BCUT2D eigenvalue weighted by Crippen LogP contribution is -2.41. The predicted octanol–water partition coefficient (Wildman–Crippen LogP) is 0.139. The molecule has 0 aromatic carbocycles. The van der Waals surface area contributed by atoms with Crippen molar-refractivity contribution < 1.29 is 4.74 Å². The largest absolute Gasteiger partial charge is 0.379 e. The standard InChI is InChI=1S/C12H27N3O/c1-11(2)12(9-13)10-14-3-4-15-5-7-16-8-6-15/h11-12,14H,3-10,13H2,1-2H3. The molecule has 1 saturated heterocycles. The molecule has 0 spiro atoms. The maximum atomic E-state index is 5.73. The first-order valence-corrected chi connectivity index (χ1v) is 6.45. The molecule has 0 saturated carbocycles. The number of morpholine rings is 1. The smallest absolute Gasteiger partial charge is 0.0594 e. The van der Waals surface area contributed by atoms with Gasteiger partial charge in [-0.05, 0) is 24.9 Å². The van der Waals surface area contributed by atoms with Crippen molar-refractivity contribution in [1.29, 1.82) is 0 Å². The predicted molar refractivity (Wildman–Crippen MR) is 67.5 cm³/mol. The summed E-state index contributed by atoms with van der Waals surface area (Å²) in [7, 11) is 0. The van der Waals surface area contributed by atoms with Crippen LogP contribution in [0.15, 0.2) is 0 Å². The molecule has 0 aromatic rings. The lowest BCUT2D eigenvalue weighted by Gasteiger charge is -2.27. The Morgan fingerprint density at radius 3 is 2.56 bits per heavy atom. The summed E-state index contributed by atoms with van der Waals surface area (Å²) >= 11 is 0. The first-order valence-electron chi connectivity index (χ1n) is 6.45. The van der Waals surface area contributed by atoms with Crippen LogP contribution in [-0.4, -0.2) is 57.4 Å². The van der Waals surface area contributed by atoms with E-state index in [-0.39, 0.29) is 0 Å². The molecule has 0 radical (unpaired) electrons. The van der Waals surface area contributed by atoms with Crippen LogP contribution in [-0.2, 0) is 4.74 Å². The molecule has 96 valence electrons. The first-order chi connectivity index (χ1) is 7.74. The Morgan fingerprint density at radius 2 is 2.00 bits per heavy atom. The van der Waals surface area contributed by atoms with Gasteiger partial charge < -0.3 is 15.8 Å². The number of nitrogens with zero attached hydrogens (tertiary/aromatic N) is 1. The van der Waals surface area contributed by atoms with Gasteiger partial charge in [-0.1, -0.05) is 13.8 Å². The van der Waals surface area contributed by atoms with Crippen LogP contribution in [0.4, 0.5) is 0 Å². The summed E-state index contributed by atoms with van der Waals surface area (Å²) in [5.74, 6) is 1.27. The van der Waals surface area contributed by atoms with Crippen molar-refractivity contribution in [3.8, 4) is 0 Å². The van der Waals surface area contributed by atoms with Gasteiger partial charge >= 0.3 is 0 Å². The number of nitrogens with two attached hydrogens (primary N) is 1. The van der Waals surface area contributed by atoms with Crippen LogP contribution >= 0.6 is 0 Å². The van der Waals surface area contributed by atoms with E-state index in [1.807, 2.05) is 0 Å². The molecule has 16 heavy (non-hydrogen) atoms. The molecule has 1 aliphatic rings. The molecule has 0 amide bonds. The summed E-state index contributed by atoms with van der Waals surface area (Å²) in [5, 5.41) is 3.50. The van der Waals surface area contributed by atoms with Crippen LogP contribution in [0.25, 0.3) is 0 Å². The minimum Gasteiger partial charge on any atom is -0.379 e. The number of rotatable bonds is 7. The highest BCUT2D eigenvalue weighted by molar-refractivity contribution is 4.68. The third kappa shape index (κ3) is 5.25. The van der Waals surface area contributed by atoms with Crippen molar-refractivity contribution in [2.75, 3.05) is 52.5 Å². The molecular weight excluding hydrogens is 202 g/mol. The minimum atomic E-state index is 0.602. The van der Waals surface area contributed by atoms with Crippen molar-refractivity contribution >= 4 is 0 Å². The van der Waals surface area contributed by atoms with Gasteiger partial charge in [-0.15, -0.1) is 0 Å². The zero-order valence-corrected chi connectivity index (χ0v) is 10.7. The molecule has 1 heterocycles. The molecule has 1 atom stereocenters. The number of nitrogens with one attached hydrogen (secondary N) is 1. The Kier molecular flexibility index (Phi) is 6.96. The van der Waals surface area contributed by atoms with Gasteiger partial charge in [0.15, 0.2) is 0 Å². The van der Waals surface area contributed by atoms with Gasteiger partial charge in [-0.2, -0.15) is 0 Å². The van der Waals surface area contributed by atoms with E-state index in [0.29, 0.717) is 11.8 Å². The summed E-state index contributed by atoms with van der Waals surface area (Å²) in [6.45, 7) is 12.4. The Morgan fingerprint density at radius 1 is 1.31 bits per heavy atom. The number of ether oxygens (including phenoxy) is 1. The van der Waals surface area contributed by atoms with Crippen LogP contribution < -0.4 is 11.1 Å². The zero-order valence-electron chi connectivity index (χ0n) is 10.7. The fourth-order valence-electron chi connectivity index (χ4n) is 1.94. The molecule has 0 bridgehead atoms. The lowest BCUT2D eigenvalue weighted by molar-refractivity contribution is 0.0383. The van der Waals surface area contributed by atoms with Crippen LogP contribution in [0.2, 0.25) is 0 Å². The molecule has 3 N–H and O–H groups in total. The van der Waals surface area contributed by atoms with Gasteiger partial charge in [-0.3, -0.25) is 4.90 Å². The quantitative estimate of drug-likeness (QED) is 0.610. The normalized spacial score (nSPS) is 20.2. The van der Waals surface area contributed by atoms with Crippen LogP contribution in [0.3, 0.4) is 0 Å². The molecule has 1 fully saturated rings. The third-order valence-corrected chi connectivity index (χ3v) is 3.36. The average Bonchev–Trinajstić information content (AvgIpc) is 2.30. The van der Waals surface area contributed by atoms with E-state index in [4.69, 9.17) is 10.5 Å². The number of hydrogen-bond acceptors (Lipinski definition) is 4. The zero-order chi connectivity index (χ0) is 11.8. The van der Waals surface area contributed by atoms with Gasteiger partial charge in [0.1, 0.15) is 0 Å². The maximum absolute atomic E-state index is 5.73. The molecule has 1 unspecified atom stereocenters. The topological polar surface area (TPSA) is 50.5 Å². The van der Waals surface area contributed by atoms with E-state index in [1.165, 1.54) is 0 Å². The fourth-order valence-corrected chi connectivity index (χ4v) is 1.94. The highest BCUT2D eigenvalue weighted by atomic mass is 16.5. The number of hydrogen-bond donors (Lipinski definition) is 2. The second-order valence-corrected chi connectivity index (χ2v) is 4.90. The van der Waals surface area contributed by atoms with Gasteiger partial charge in [0.2, 0.25) is 0 Å². The Hall–Kier alpha value is -0.160. The third-order valence-electron chi connectivity index (χ3n) is 3.36. The second kappa shape index (κ2) is 8.01. The lowest BCUT2D eigenvalue weighted by atomic mass is 9.96. The fraction of sp³-hybridized carbons (Fsp3) is 1.00. The molecule has 4 nitrogen and oxygen atoms in total. The summed E-state index contributed by atoms with van der Waals surface area (Å²) < 4.78 is 5.31. The van der Waals surface area contributed by atoms with E-state index >= 15 is 0 Å². The van der Waals surface area contributed by atoms with E-state index in [2.05, 4.69) is 24.1 Å². The molecular formula is C12H27N3O. The Bertz CT molecular complexity index is 170. The monoisotopic (exact) mass is 229 g/mol. The van der Waals surface area contributed by atoms with Crippen LogP contribution in [0.5, 0.6) is 0 Å². The van der Waals surface area contributed by atoms with Crippen molar-refractivity contribution in [2.45, 2.75) is 13.8 Å². The van der Waals surface area contributed by atoms with E-state index in [0.717, 1.165) is 52.5 Å². The van der Waals surface area contributed by atoms with Crippen LogP contribution in [0.1, 0.15) is 13.8 Å². The van der Waals surface area contributed by atoms with Gasteiger partial charge in [0, 0.05) is 26.2 Å². The molecule has 1 aliphatic heterocycles. The van der Waals surface area contributed by atoms with Gasteiger partial charge in [0.25, 0.3) is 0 Å². The molecule has 0 aliphatic carbocycles. The SMILES string of the molecule is CC(C)C(CN)CNCCN1CCOCC1. The summed E-state index contributed by atoms with van der Waals surface area (Å²) in [5.41, 5.74) is 5.73. The Balaban J connectivity index is 2.01. The van der Waals surface area contributed by atoms with Gasteiger partial charge in [0.05, 0.1) is 13.2 Å². The van der Waals surface area contributed by atoms with Crippen molar-refractivity contribution in [2.24, 2.45) is 17.6 Å². The van der Waals surface area contributed by atoms with Crippen LogP contribution in [0, 0.1) is 11.8 Å². The first kappa shape index (κ1) is 13.9. The highest BCUT2D eigenvalue weighted by Crippen LogP contribution is 2.07. The minimum absolute atomic E-state index is 0.602. The van der Waals surface area contributed by atoms with Crippen molar-refractivity contribution in [3.63, 3.8) is 0 Å². The van der Waals surface area contributed by atoms with Crippen molar-refractivity contribution in [3.05, 3.63) is 0 Å². The van der Waals surface area contributed by atoms with E-state index < -0.39 is 0 Å². The Labute approximate surface area is 99.5 Å². The summed E-state index contributed by atoms with van der Waals surface area (Å²) in [6, 6.07) is 0. The van der Waals surface area contributed by atoms with Crippen molar-refractivity contribution in [1.82, 2.24) is 10.2 Å². The molecule has 4 heteroatoms. The van der Waals surface area contributed by atoms with E-state index in [9.17, 15) is 0 Å². The average molecular weight is 229 g/mol. The second-order valence-electron chi connectivity index (χ2n) is 4.90. The maximum Gasteiger partial charge on any atom is 0.0594 e.